The SMILES string of the molecule is COc1cccc(C)c1CN(C=O)CC(C)(C)CCCO. The highest BCUT2D eigenvalue weighted by atomic mass is 16.5. The molecule has 21 heavy (non-hydrogen) atoms. The summed E-state index contributed by atoms with van der Waals surface area (Å²) in [5, 5.41) is 8.96. The highest BCUT2D eigenvalue weighted by Gasteiger charge is 2.22. The van der Waals surface area contributed by atoms with Gasteiger partial charge in [-0.05, 0) is 36.8 Å². The molecule has 0 unspecified atom stereocenters. The van der Waals surface area contributed by atoms with Crippen molar-refractivity contribution >= 4 is 6.41 Å². The maximum absolute atomic E-state index is 11.4. The lowest BCUT2D eigenvalue weighted by atomic mass is 9.87. The minimum absolute atomic E-state index is 0.0143. The lowest BCUT2D eigenvalue weighted by Gasteiger charge is -2.31. The monoisotopic (exact) mass is 293 g/mol. The lowest BCUT2D eigenvalue weighted by Crippen LogP contribution is -2.33. The third-order valence-electron chi connectivity index (χ3n) is 3.74. The Morgan fingerprint density at radius 1 is 1.38 bits per heavy atom. The molecule has 118 valence electrons. The fourth-order valence-corrected chi connectivity index (χ4v) is 2.59. The van der Waals surface area contributed by atoms with Crippen LogP contribution in [0.1, 0.15) is 37.8 Å². The van der Waals surface area contributed by atoms with Gasteiger partial charge < -0.3 is 14.7 Å². The number of ether oxygens (including phenoxy) is 1. The molecule has 0 saturated carbocycles. The average molecular weight is 293 g/mol. The molecule has 1 N–H and O–H groups in total. The van der Waals surface area contributed by atoms with Gasteiger partial charge in [0.1, 0.15) is 5.75 Å². The summed E-state index contributed by atoms with van der Waals surface area (Å²) in [6.45, 7) is 7.66. The molecule has 0 radical (unpaired) electrons. The first-order chi connectivity index (χ1) is 9.93. The van der Waals surface area contributed by atoms with Crippen molar-refractivity contribution in [3.05, 3.63) is 29.3 Å². The van der Waals surface area contributed by atoms with Crippen LogP contribution in [0.2, 0.25) is 0 Å². The zero-order valence-corrected chi connectivity index (χ0v) is 13.6. The van der Waals surface area contributed by atoms with Crippen molar-refractivity contribution in [1.82, 2.24) is 4.90 Å². The maximum atomic E-state index is 11.4. The summed E-state index contributed by atoms with van der Waals surface area (Å²) in [5.41, 5.74) is 2.15. The topological polar surface area (TPSA) is 49.8 Å². The van der Waals surface area contributed by atoms with Crippen LogP contribution in [0.5, 0.6) is 5.75 Å². The maximum Gasteiger partial charge on any atom is 0.210 e. The molecule has 0 heterocycles. The van der Waals surface area contributed by atoms with Crippen molar-refractivity contribution < 1.29 is 14.6 Å². The van der Waals surface area contributed by atoms with Crippen molar-refractivity contribution in [2.24, 2.45) is 5.41 Å². The molecule has 0 saturated heterocycles. The van der Waals surface area contributed by atoms with Crippen LogP contribution >= 0.6 is 0 Å². The molecule has 1 aromatic rings. The quantitative estimate of drug-likeness (QED) is 0.712. The molecule has 0 fully saturated rings. The summed E-state index contributed by atoms with van der Waals surface area (Å²) in [6.07, 6.45) is 2.54. The van der Waals surface area contributed by atoms with Crippen LogP contribution in [-0.2, 0) is 11.3 Å². The summed E-state index contributed by atoms with van der Waals surface area (Å²) in [5.74, 6) is 0.815. The van der Waals surface area contributed by atoms with Gasteiger partial charge in [-0.25, -0.2) is 0 Å². The van der Waals surface area contributed by atoms with E-state index in [0.717, 1.165) is 36.1 Å². The van der Waals surface area contributed by atoms with Gasteiger partial charge in [0.25, 0.3) is 0 Å². The van der Waals surface area contributed by atoms with Gasteiger partial charge in [-0.2, -0.15) is 0 Å². The smallest absolute Gasteiger partial charge is 0.210 e. The van der Waals surface area contributed by atoms with E-state index in [1.54, 1.807) is 12.0 Å². The summed E-state index contributed by atoms with van der Waals surface area (Å²) < 4.78 is 5.39. The third kappa shape index (κ3) is 5.38. The number of carbonyl (C=O) groups excluding carboxylic acids is 1. The molecule has 0 spiro atoms. The second-order valence-corrected chi connectivity index (χ2v) is 6.26. The molecule has 0 atom stereocenters. The van der Waals surface area contributed by atoms with Crippen LogP contribution in [0.15, 0.2) is 18.2 Å². The number of aliphatic hydroxyl groups excluding tert-OH is 1. The second-order valence-electron chi connectivity index (χ2n) is 6.26. The largest absolute Gasteiger partial charge is 0.496 e. The normalized spacial score (nSPS) is 11.3. The lowest BCUT2D eigenvalue weighted by molar-refractivity contribution is -0.120. The zero-order chi connectivity index (χ0) is 15.9. The number of hydrogen-bond donors (Lipinski definition) is 1. The van der Waals surface area contributed by atoms with Gasteiger partial charge in [0, 0.05) is 25.3 Å². The summed E-state index contributed by atoms with van der Waals surface area (Å²) in [7, 11) is 1.65. The van der Waals surface area contributed by atoms with Gasteiger partial charge in [-0.3, -0.25) is 4.79 Å². The third-order valence-corrected chi connectivity index (χ3v) is 3.74. The number of methoxy groups -OCH3 is 1. The van der Waals surface area contributed by atoms with E-state index >= 15 is 0 Å². The first kappa shape index (κ1) is 17.5. The number of carbonyl (C=O) groups is 1. The first-order valence-corrected chi connectivity index (χ1v) is 7.36. The molecule has 0 bridgehead atoms. The zero-order valence-electron chi connectivity index (χ0n) is 13.6. The van der Waals surface area contributed by atoms with Crippen molar-refractivity contribution in [2.45, 2.75) is 40.2 Å². The fraction of sp³-hybridized carbons (Fsp3) is 0.588. The van der Waals surface area contributed by atoms with E-state index in [-0.39, 0.29) is 12.0 Å². The van der Waals surface area contributed by atoms with E-state index in [0.29, 0.717) is 13.1 Å². The van der Waals surface area contributed by atoms with Gasteiger partial charge in [0.2, 0.25) is 6.41 Å². The Balaban J connectivity index is 2.81. The Labute approximate surface area is 127 Å². The van der Waals surface area contributed by atoms with Gasteiger partial charge in [-0.15, -0.1) is 0 Å². The van der Waals surface area contributed by atoms with E-state index in [1.807, 2.05) is 25.1 Å². The number of rotatable bonds is 9. The Bertz CT molecular complexity index is 457. The molecule has 1 rings (SSSR count). The molecule has 1 aromatic carbocycles. The minimum Gasteiger partial charge on any atom is -0.496 e. The number of amides is 1. The van der Waals surface area contributed by atoms with Gasteiger partial charge in [0.15, 0.2) is 0 Å². The average Bonchev–Trinajstić information content (AvgIpc) is 2.46. The molecule has 0 aromatic heterocycles. The van der Waals surface area contributed by atoms with E-state index in [1.165, 1.54) is 0 Å². The molecule has 0 aliphatic heterocycles. The number of aliphatic hydroxyl groups is 1. The molecule has 4 heteroatoms. The van der Waals surface area contributed by atoms with Gasteiger partial charge in [-0.1, -0.05) is 26.0 Å². The summed E-state index contributed by atoms with van der Waals surface area (Å²) in [6, 6.07) is 5.90. The molecular formula is C17H27NO3. The first-order valence-electron chi connectivity index (χ1n) is 7.36. The predicted octanol–water partition coefficient (Wildman–Crippen LogP) is 2.76. The van der Waals surface area contributed by atoms with Crippen molar-refractivity contribution in [2.75, 3.05) is 20.3 Å². The standard InChI is InChI=1S/C17H27NO3/c1-14-7-5-8-16(21-4)15(14)11-18(13-20)12-17(2,3)9-6-10-19/h5,7-8,13,19H,6,9-12H2,1-4H3. The van der Waals surface area contributed by atoms with Crippen LogP contribution in [0.25, 0.3) is 0 Å². The van der Waals surface area contributed by atoms with E-state index < -0.39 is 0 Å². The highest BCUT2D eigenvalue weighted by molar-refractivity contribution is 5.49. The molecule has 0 aliphatic rings. The number of benzene rings is 1. The Morgan fingerprint density at radius 2 is 2.10 bits per heavy atom. The Kier molecular flexibility index (Phi) is 6.69. The Hall–Kier alpha value is -1.55. The molecule has 0 aliphatic carbocycles. The van der Waals surface area contributed by atoms with Gasteiger partial charge >= 0.3 is 0 Å². The minimum atomic E-state index is -0.0143. The van der Waals surface area contributed by atoms with Gasteiger partial charge in [0.05, 0.1) is 7.11 Å². The number of aryl methyl sites for hydroxylation is 1. The summed E-state index contributed by atoms with van der Waals surface area (Å²) in [4.78, 5) is 13.2. The molecule has 4 nitrogen and oxygen atoms in total. The van der Waals surface area contributed by atoms with E-state index in [2.05, 4.69) is 13.8 Å². The van der Waals surface area contributed by atoms with E-state index in [9.17, 15) is 4.79 Å². The highest BCUT2D eigenvalue weighted by Crippen LogP contribution is 2.27. The van der Waals surface area contributed by atoms with Crippen molar-refractivity contribution in [3.63, 3.8) is 0 Å². The molecular weight excluding hydrogens is 266 g/mol. The fourth-order valence-electron chi connectivity index (χ4n) is 2.59. The van der Waals surface area contributed by atoms with Crippen LogP contribution < -0.4 is 4.74 Å². The van der Waals surface area contributed by atoms with Crippen molar-refractivity contribution in [3.8, 4) is 5.75 Å². The van der Waals surface area contributed by atoms with Crippen LogP contribution in [0.3, 0.4) is 0 Å². The van der Waals surface area contributed by atoms with Crippen LogP contribution in [-0.4, -0.2) is 36.7 Å². The van der Waals surface area contributed by atoms with Crippen LogP contribution in [0.4, 0.5) is 0 Å². The number of hydrogen-bond acceptors (Lipinski definition) is 3. The second kappa shape index (κ2) is 8.03. The van der Waals surface area contributed by atoms with E-state index in [4.69, 9.17) is 9.84 Å². The van der Waals surface area contributed by atoms with Crippen LogP contribution in [0, 0.1) is 12.3 Å². The number of nitrogens with zero attached hydrogens (tertiary/aromatic N) is 1. The van der Waals surface area contributed by atoms with Crippen molar-refractivity contribution in [1.29, 1.82) is 0 Å². The Morgan fingerprint density at radius 3 is 2.67 bits per heavy atom. The molecule has 1 amide bonds. The predicted molar refractivity (Wildman–Crippen MR) is 84.3 cm³/mol. The summed E-state index contributed by atoms with van der Waals surface area (Å²) >= 11 is 0.